The molecule has 1 aliphatic rings. The third-order valence-corrected chi connectivity index (χ3v) is 4.49. The van der Waals surface area contributed by atoms with Crippen LogP contribution in [-0.2, 0) is 6.54 Å². The van der Waals surface area contributed by atoms with Gasteiger partial charge in [0.05, 0.1) is 0 Å². The molecule has 1 saturated carbocycles. The van der Waals surface area contributed by atoms with Crippen LogP contribution in [0.25, 0.3) is 0 Å². The van der Waals surface area contributed by atoms with Crippen LogP contribution < -0.4 is 10.1 Å². The lowest BCUT2D eigenvalue weighted by Gasteiger charge is -2.35. The molecule has 0 spiro atoms. The molecule has 0 aliphatic heterocycles. The van der Waals surface area contributed by atoms with Crippen LogP contribution in [0.2, 0.25) is 0 Å². The minimum Gasteiger partial charge on any atom is -0.487 e. The van der Waals surface area contributed by atoms with Gasteiger partial charge < -0.3 is 15.2 Å². The molecule has 1 fully saturated rings. The first-order valence-electron chi connectivity index (χ1n) is 8.26. The topological polar surface area (TPSA) is 54.4 Å². The van der Waals surface area contributed by atoms with E-state index in [0.717, 1.165) is 37.1 Å². The van der Waals surface area contributed by atoms with E-state index in [0.29, 0.717) is 0 Å². The van der Waals surface area contributed by atoms with Crippen LogP contribution in [0.1, 0.15) is 30.4 Å². The van der Waals surface area contributed by atoms with E-state index in [2.05, 4.69) is 10.3 Å². The molecule has 2 N–H and O–H groups in total. The number of aliphatic hydroxyl groups is 1. The number of aliphatic hydroxyl groups excluding tert-OH is 1. The number of hydrogen-bond donors (Lipinski definition) is 2. The van der Waals surface area contributed by atoms with Gasteiger partial charge in [0.2, 0.25) is 0 Å². The number of benzene rings is 1. The third-order valence-electron chi connectivity index (χ3n) is 4.49. The second kappa shape index (κ2) is 7.57. The van der Waals surface area contributed by atoms with Crippen LogP contribution in [0.5, 0.6) is 5.75 Å². The van der Waals surface area contributed by atoms with Crippen LogP contribution in [0, 0.1) is 6.92 Å². The van der Waals surface area contributed by atoms with E-state index in [9.17, 15) is 5.11 Å². The molecule has 4 nitrogen and oxygen atoms in total. The summed E-state index contributed by atoms with van der Waals surface area (Å²) >= 11 is 0. The lowest BCUT2D eigenvalue weighted by atomic mass is 9.89. The Labute approximate surface area is 137 Å². The average molecular weight is 312 g/mol. The minimum absolute atomic E-state index is 0.0610. The first-order chi connectivity index (χ1) is 11.2. The van der Waals surface area contributed by atoms with Crippen molar-refractivity contribution in [3.63, 3.8) is 0 Å². The molecule has 0 radical (unpaired) electrons. The molecular weight excluding hydrogens is 288 g/mol. The van der Waals surface area contributed by atoms with Gasteiger partial charge in [-0.15, -0.1) is 0 Å². The van der Waals surface area contributed by atoms with Crippen molar-refractivity contribution in [1.29, 1.82) is 0 Å². The van der Waals surface area contributed by atoms with E-state index < -0.39 is 6.10 Å². The molecule has 3 atom stereocenters. The summed E-state index contributed by atoms with van der Waals surface area (Å²) in [7, 11) is 0. The maximum atomic E-state index is 10.7. The maximum absolute atomic E-state index is 10.7. The minimum atomic E-state index is -0.495. The van der Waals surface area contributed by atoms with Crippen molar-refractivity contribution >= 4 is 0 Å². The van der Waals surface area contributed by atoms with Gasteiger partial charge in [-0.1, -0.05) is 18.2 Å². The Morgan fingerprint density at radius 2 is 1.96 bits per heavy atom. The Kier molecular flexibility index (Phi) is 5.26. The van der Waals surface area contributed by atoms with Gasteiger partial charge in [0, 0.05) is 25.0 Å². The number of nitrogens with one attached hydrogen (secondary N) is 1. The van der Waals surface area contributed by atoms with Gasteiger partial charge >= 0.3 is 0 Å². The Bertz CT molecular complexity index is 618. The van der Waals surface area contributed by atoms with Crippen molar-refractivity contribution in [2.45, 2.75) is 51.0 Å². The summed E-state index contributed by atoms with van der Waals surface area (Å²) < 4.78 is 6.08. The lowest BCUT2D eigenvalue weighted by Crippen LogP contribution is -2.51. The Morgan fingerprint density at radius 3 is 2.74 bits per heavy atom. The predicted molar refractivity (Wildman–Crippen MR) is 90.3 cm³/mol. The highest BCUT2D eigenvalue weighted by Gasteiger charge is 2.33. The fraction of sp³-hybridized carbons (Fsp3) is 0.421. The second-order valence-corrected chi connectivity index (χ2v) is 6.19. The molecule has 23 heavy (non-hydrogen) atoms. The van der Waals surface area contributed by atoms with E-state index in [-0.39, 0.29) is 12.1 Å². The third kappa shape index (κ3) is 4.09. The zero-order chi connectivity index (χ0) is 16.1. The number of pyridine rings is 1. The van der Waals surface area contributed by atoms with Crippen LogP contribution in [0.15, 0.2) is 48.8 Å². The van der Waals surface area contributed by atoms with E-state index in [1.807, 2.05) is 43.3 Å². The van der Waals surface area contributed by atoms with Gasteiger partial charge in [0.25, 0.3) is 0 Å². The van der Waals surface area contributed by atoms with Crippen LogP contribution in [0.3, 0.4) is 0 Å². The summed E-state index contributed by atoms with van der Waals surface area (Å²) in [4.78, 5) is 4.03. The summed E-state index contributed by atoms with van der Waals surface area (Å²) in [6.07, 6.45) is 5.85. The molecule has 1 aromatic heterocycles. The van der Waals surface area contributed by atoms with E-state index in [4.69, 9.17) is 4.74 Å². The number of aromatic nitrogens is 1. The van der Waals surface area contributed by atoms with Gasteiger partial charge in [0.1, 0.15) is 18.0 Å². The molecule has 4 heteroatoms. The van der Waals surface area contributed by atoms with Crippen molar-refractivity contribution in [2.75, 3.05) is 0 Å². The summed E-state index contributed by atoms with van der Waals surface area (Å²) in [6, 6.07) is 12.0. The zero-order valence-corrected chi connectivity index (χ0v) is 13.5. The molecule has 1 aromatic carbocycles. The van der Waals surface area contributed by atoms with Crippen LogP contribution in [0.4, 0.5) is 0 Å². The van der Waals surface area contributed by atoms with Gasteiger partial charge in [-0.2, -0.15) is 0 Å². The molecule has 1 aliphatic carbocycles. The van der Waals surface area contributed by atoms with Gasteiger partial charge in [-0.05, 0) is 55.5 Å². The molecule has 0 amide bonds. The Morgan fingerprint density at radius 1 is 1.17 bits per heavy atom. The summed E-state index contributed by atoms with van der Waals surface area (Å²) in [5.41, 5.74) is 2.28. The highest BCUT2D eigenvalue weighted by Crippen LogP contribution is 2.26. The van der Waals surface area contributed by atoms with Gasteiger partial charge in [-0.25, -0.2) is 0 Å². The van der Waals surface area contributed by atoms with Gasteiger partial charge in [-0.3, -0.25) is 4.98 Å². The lowest BCUT2D eigenvalue weighted by molar-refractivity contribution is -0.0160. The van der Waals surface area contributed by atoms with E-state index in [1.165, 1.54) is 5.56 Å². The highest BCUT2D eigenvalue weighted by atomic mass is 16.5. The van der Waals surface area contributed by atoms with Crippen LogP contribution in [-0.4, -0.2) is 28.3 Å². The van der Waals surface area contributed by atoms with Crippen molar-refractivity contribution in [1.82, 2.24) is 10.3 Å². The van der Waals surface area contributed by atoms with Crippen molar-refractivity contribution in [3.05, 3.63) is 59.9 Å². The van der Waals surface area contributed by atoms with Crippen molar-refractivity contribution in [2.24, 2.45) is 0 Å². The Balaban J connectivity index is 1.59. The molecule has 3 rings (SSSR count). The molecule has 122 valence electrons. The van der Waals surface area contributed by atoms with Crippen LogP contribution >= 0.6 is 0 Å². The smallest absolute Gasteiger partial charge is 0.126 e. The standard InChI is InChI=1S/C19H24N2O2/c1-14-5-2-3-7-17(14)23-18-8-4-6-16(19(18)22)21-13-15-9-11-20-12-10-15/h2-3,5,7,9-12,16,18-19,21-22H,4,6,8,13H2,1H3/t16-,18+,19+/m0/s1. The highest BCUT2D eigenvalue weighted by molar-refractivity contribution is 5.32. The number of nitrogens with zero attached hydrogens (tertiary/aromatic N) is 1. The van der Waals surface area contributed by atoms with E-state index in [1.54, 1.807) is 12.4 Å². The first-order valence-corrected chi connectivity index (χ1v) is 8.26. The zero-order valence-electron chi connectivity index (χ0n) is 13.5. The number of aryl methyl sites for hydroxylation is 1. The normalized spacial score (nSPS) is 24.3. The molecule has 1 heterocycles. The second-order valence-electron chi connectivity index (χ2n) is 6.19. The van der Waals surface area contributed by atoms with Gasteiger partial charge in [0.15, 0.2) is 0 Å². The number of ether oxygens (including phenoxy) is 1. The monoisotopic (exact) mass is 312 g/mol. The average Bonchev–Trinajstić information content (AvgIpc) is 2.58. The Hall–Kier alpha value is -1.91. The number of rotatable bonds is 5. The van der Waals surface area contributed by atoms with Crippen molar-refractivity contribution in [3.8, 4) is 5.75 Å². The first kappa shape index (κ1) is 16.0. The molecule has 0 saturated heterocycles. The van der Waals surface area contributed by atoms with E-state index >= 15 is 0 Å². The number of para-hydroxylation sites is 1. The summed E-state index contributed by atoms with van der Waals surface area (Å²) in [6.45, 7) is 2.77. The molecule has 0 unspecified atom stereocenters. The molecule has 2 aromatic rings. The predicted octanol–water partition coefficient (Wildman–Crippen LogP) is 2.84. The number of hydrogen-bond acceptors (Lipinski definition) is 4. The molecular formula is C19H24N2O2. The summed E-state index contributed by atoms with van der Waals surface area (Å²) in [5, 5.41) is 14.1. The van der Waals surface area contributed by atoms with Crippen molar-refractivity contribution < 1.29 is 9.84 Å². The quantitative estimate of drug-likeness (QED) is 0.891. The SMILES string of the molecule is Cc1ccccc1O[C@@H]1CCC[C@H](NCc2ccncc2)[C@H]1O. The fourth-order valence-corrected chi connectivity index (χ4v) is 3.09. The fourth-order valence-electron chi connectivity index (χ4n) is 3.09. The summed E-state index contributed by atoms with van der Waals surface area (Å²) in [5.74, 6) is 0.867. The largest absolute Gasteiger partial charge is 0.487 e. The maximum Gasteiger partial charge on any atom is 0.126 e. The molecule has 0 bridgehead atoms.